The molecule has 0 bridgehead atoms. The van der Waals surface area contributed by atoms with Crippen LogP contribution < -0.4 is 0 Å². The summed E-state index contributed by atoms with van der Waals surface area (Å²) in [5.74, 6) is -0.659. The highest BCUT2D eigenvalue weighted by Crippen LogP contribution is 2.32. The van der Waals surface area contributed by atoms with Gasteiger partial charge in [0, 0.05) is 18.4 Å². The van der Waals surface area contributed by atoms with Gasteiger partial charge < -0.3 is 4.57 Å². The van der Waals surface area contributed by atoms with E-state index < -0.39 is 0 Å². The molecule has 0 radical (unpaired) electrons. The third kappa shape index (κ3) is 2.46. The molecule has 1 aromatic heterocycles. The van der Waals surface area contributed by atoms with E-state index in [1.54, 1.807) is 54.1 Å². The first-order valence-electron chi connectivity index (χ1n) is 6.79. The molecule has 0 spiro atoms. The highest BCUT2D eigenvalue weighted by Gasteiger charge is 2.33. The van der Waals surface area contributed by atoms with Crippen molar-refractivity contribution in [1.29, 1.82) is 0 Å². The number of aromatic nitrogens is 1. The van der Waals surface area contributed by atoms with Gasteiger partial charge in [-0.15, -0.1) is 0 Å². The lowest BCUT2D eigenvalue weighted by atomic mass is 10.3. The molecule has 6 heteroatoms. The standard InChI is InChI=1S/C16H13FN2O2S/c1-2-18-15(20)14(22-16(18)21)10-11-6-5-9-19(11)13-8-4-3-7-12(13)17/h3-10H,2H2,1H3/b14-10+. The van der Waals surface area contributed by atoms with Crippen molar-refractivity contribution in [2.24, 2.45) is 0 Å². The maximum atomic E-state index is 13.9. The molecule has 0 atom stereocenters. The third-order valence-electron chi connectivity index (χ3n) is 3.36. The quantitative estimate of drug-likeness (QED) is 0.811. The van der Waals surface area contributed by atoms with E-state index in [1.807, 2.05) is 0 Å². The number of hydrogen-bond acceptors (Lipinski definition) is 3. The van der Waals surface area contributed by atoms with Crippen LogP contribution in [0.4, 0.5) is 9.18 Å². The summed E-state index contributed by atoms with van der Waals surface area (Å²) in [4.78, 5) is 25.4. The molecule has 22 heavy (non-hydrogen) atoms. The van der Waals surface area contributed by atoms with Crippen LogP contribution >= 0.6 is 11.8 Å². The predicted octanol–water partition coefficient (Wildman–Crippen LogP) is 3.67. The molecule has 2 heterocycles. The van der Waals surface area contributed by atoms with Gasteiger partial charge in [0.2, 0.25) is 0 Å². The van der Waals surface area contributed by atoms with Crippen molar-refractivity contribution in [3.8, 4) is 5.69 Å². The minimum Gasteiger partial charge on any atom is -0.314 e. The topological polar surface area (TPSA) is 42.3 Å². The summed E-state index contributed by atoms with van der Waals surface area (Å²) in [6, 6.07) is 9.94. The number of benzene rings is 1. The van der Waals surface area contributed by atoms with Crippen LogP contribution in [-0.4, -0.2) is 27.2 Å². The van der Waals surface area contributed by atoms with Crippen LogP contribution in [0.5, 0.6) is 0 Å². The molecule has 112 valence electrons. The van der Waals surface area contributed by atoms with E-state index in [0.717, 1.165) is 11.8 Å². The van der Waals surface area contributed by atoms with Gasteiger partial charge in [0.1, 0.15) is 5.82 Å². The number of likely N-dealkylation sites (N-methyl/N-ethyl adjacent to an activating group) is 1. The Morgan fingerprint density at radius 2 is 1.95 bits per heavy atom. The Morgan fingerprint density at radius 1 is 1.18 bits per heavy atom. The summed E-state index contributed by atoms with van der Waals surface area (Å²) in [6.45, 7) is 2.09. The first kappa shape index (κ1) is 14.6. The summed E-state index contributed by atoms with van der Waals surface area (Å²) in [6.07, 6.45) is 3.33. The Bertz CT molecular complexity index is 782. The number of carbonyl (C=O) groups is 2. The summed E-state index contributed by atoms with van der Waals surface area (Å²) in [7, 11) is 0. The fraction of sp³-hybridized carbons (Fsp3) is 0.125. The second-order valence-electron chi connectivity index (χ2n) is 4.68. The van der Waals surface area contributed by atoms with Gasteiger partial charge in [-0.05, 0) is 49.0 Å². The van der Waals surface area contributed by atoms with Crippen molar-refractivity contribution >= 4 is 29.0 Å². The summed E-state index contributed by atoms with van der Waals surface area (Å²) < 4.78 is 15.6. The number of amides is 2. The van der Waals surface area contributed by atoms with Crippen LogP contribution in [-0.2, 0) is 4.79 Å². The lowest BCUT2D eigenvalue weighted by Gasteiger charge is -2.08. The van der Waals surface area contributed by atoms with Crippen molar-refractivity contribution in [3.63, 3.8) is 0 Å². The zero-order chi connectivity index (χ0) is 15.7. The zero-order valence-corrected chi connectivity index (χ0v) is 12.6. The predicted molar refractivity (Wildman–Crippen MR) is 84.1 cm³/mol. The minimum absolute atomic E-state index is 0.275. The molecule has 2 amide bonds. The molecule has 2 aromatic rings. The number of hydrogen-bond donors (Lipinski definition) is 0. The molecule has 1 aliphatic heterocycles. The number of thioether (sulfide) groups is 1. The first-order chi connectivity index (χ1) is 10.6. The zero-order valence-electron chi connectivity index (χ0n) is 11.8. The molecule has 1 aliphatic rings. The van der Waals surface area contributed by atoms with E-state index in [2.05, 4.69) is 0 Å². The van der Waals surface area contributed by atoms with Crippen LogP contribution in [0.2, 0.25) is 0 Å². The Labute approximate surface area is 131 Å². The van der Waals surface area contributed by atoms with Crippen molar-refractivity contribution in [1.82, 2.24) is 9.47 Å². The molecule has 4 nitrogen and oxygen atoms in total. The van der Waals surface area contributed by atoms with Crippen molar-refractivity contribution in [2.45, 2.75) is 6.92 Å². The molecule has 0 unspecified atom stereocenters. The van der Waals surface area contributed by atoms with Gasteiger partial charge in [-0.3, -0.25) is 14.5 Å². The lowest BCUT2D eigenvalue weighted by molar-refractivity contribution is -0.122. The van der Waals surface area contributed by atoms with Crippen molar-refractivity contribution < 1.29 is 14.0 Å². The van der Waals surface area contributed by atoms with Gasteiger partial charge in [-0.25, -0.2) is 4.39 Å². The average Bonchev–Trinajstić information content (AvgIpc) is 3.05. The van der Waals surface area contributed by atoms with E-state index in [1.165, 1.54) is 11.0 Å². The smallest absolute Gasteiger partial charge is 0.293 e. The SMILES string of the molecule is CCN1C(=O)S/C(=C/c2cccn2-c2ccccc2F)C1=O. The van der Waals surface area contributed by atoms with Crippen LogP contribution in [0, 0.1) is 5.82 Å². The molecule has 1 fully saturated rings. The number of carbonyl (C=O) groups excluding carboxylic acids is 2. The summed E-state index contributed by atoms with van der Waals surface area (Å²) in [5, 5.41) is -0.275. The molecule has 1 aromatic carbocycles. The molecule has 0 aliphatic carbocycles. The Kier molecular flexibility index (Phi) is 3.85. The highest BCUT2D eigenvalue weighted by atomic mass is 32.2. The second kappa shape index (κ2) is 5.81. The fourth-order valence-corrected chi connectivity index (χ4v) is 3.17. The number of nitrogens with zero attached hydrogens (tertiary/aromatic N) is 2. The monoisotopic (exact) mass is 316 g/mol. The summed E-state index contributed by atoms with van der Waals surface area (Å²) in [5.41, 5.74) is 1.04. The van der Waals surface area contributed by atoms with E-state index in [9.17, 15) is 14.0 Å². The molecule has 1 saturated heterocycles. The van der Waals surface area contributed by atoms with Crippen LogP contribution in [0.25, 0.3) is 11.8 Å². The van der Waals surface area contributed by atoms with Gasteiger partial charge in [-0.1, -0.05) is 12.1 Å². The van der Waals surface area contributed by atoms with E-state index in [0.29, 0.717) is 22.8 Å². The fourth-order valence-electron chi connectivity index (χ4n) is 2.29. The third-order valence-corrected chi connectivity index (χ3v) is 4.27. The molecule has 0 N–H and O–H groups in total. The van der Waals surface area contributed by atoms with Gasteiger partial charge >= 0.3 is 0 Å². The maximum absolute atomic E-state index is 13.9. The van der Waals surface area contributed by atoms with E-state index in [-0.39, 0.29) is 17.0 Å². The van der Waals surface area contributed by atoms with Crippen LogP contribution in [0.15, 0.2) is 47.5 Å². The summed E-state index contributed by atoms with van der Waals surface area (Å²) >= 11 is 0.904. The normalized spacial score (nSPS) is 16.8. The number of imide groups is 1. The van der Waals surface area contributed by atoms with Crippen LogP contribution in [0.3, 0.4) is 0 Å². The lowest BCUT2D eigenvalue weighted by Crippen LogP contribution is -2.27. The van der Waals surface area contributed by atoms with E-state index in [4.69, 9.17) is 0 Å². The van der Waals surface area contributed by atoms with Crippen molar-refractivity contribution in [2.75, 3.05) is 6.54 Å². The van der Waals surface area contributed by atoms with Crippen molar-refractivity contribution in [3.05, 3.63) is 59.0 Å². The Balaban J connectivity index is 2.01. The minimum atomic E-state index is -0.352. The van der Waals surface area contributed by atoms with Gasteiger partial charge in [0.05, 0.1) is 10.6 Å². The van der Waals surface area contributed by atoms with Gasteiger partial charge in [0.15, 0.2) is 0 Å². The molecule has 0 saturated carbocycles. The maximum Gasteiger partial charge on any atom is 0.293 e. The molecular formula is C16H13FN2O2S. The largest absolute Gasteiger partial charge is 0.314 e. The van der Waals surface area contributed by atoms with Gasteiger partial charge in [0.25, 0.3) is 11.1 Å². The molecular weight excluding hydrogens is 303 g/mol. The first-order valence-corrected chi connectivity index (χ1v) is 7.61. The highest BCUT2D eigenvalue weighted by molar-refractivity contribution is 8.18. The van der Waals surface area contributed by atoms with Crippen LogP contribution in [0.1, 0.15) is 12.6 Å². The average molecular weight is 316 g/mol. The Morgan fingerprint density at radius 3 is 2.64 bits per heavy atom. The van der Waals surface area contributed by atoms with Gasteiger partial charge in [-0.2, -0.15) is 0 Å². The number of rotatable bonds is 3. The Hall–Kier alpha value is -2.34. The molecule has 3 rings (SSSR count). The second-order valence-corrected chi connectivity index (χ2v) is 5.67. The number of halogens is 1. The van der Waals surface area contributed by atoms with E-state index >= 15 is 0 Å². The number of para-hydroxylation sites is 1.